The van der Waals surface area contributed by atoms with Crippen molar-refractivity contribution in [2.24, 2.45) is 4.99 Å². The van der Waals surface area contributed by atoms with Gasteiger partial charge in [0.2, 0.25) is 17.9 Å². The highest BCUT2D eigenvalue weighted by atomic mass is 35.5. The zero-order chi connectivity index (χ0) is 25.3. The largest absolute Gasteiger partial charge is 0.478 e. The molecule has 0 radical (unpaired) electrons. The first kappa shape index (κ1) is 24.6. The minimum absolute atomic E-state index is 0.113. The molecule has 0 fully saturated rings. The van der Waals surface area contributed by atoms with Crippen LogP contribution in [0.1, 0.15) is 30.6 Å². The number of halogens is 3. The molecule has 0 bridgehead atoms. The van der Waals surface area contributed by atoms with Crippen LogP contribution in [0.2, 0.25) is 10.0 Å². The quantitative estimate of drug-likeness (QED) is 0.211. The van der Waals surface area contributed by atoms with E-state index in [0.717, 1.165) is 16.5 Å². The zero-order valence-corrected chi connectivity index (χ0v) is 20.9. The summed E-state index contributed by atoms with van der Waals surface area (Å²) in [5.74, 6) is 0.364. The average Bonchev–Trinajstić information content (AvgIpc) is 3.26. The molecular formula is C24H23Cl2FN6O2. The Labute approximate surface area is 212 Å². The maximum atomic E-state index is 14.0. The van der Waals surface area contributed by atoms with Crippen molar-refractivity contribution in [1.29, 1.82) is 5.26 Å². The number of hydrogen-bond acceptors (Lipinski definition) is 6. The third-order valence-electron chi connectivity index (χ3n) is 5.77. The molecule has 2 aromatic heterocycles. The maximum absolute atomic E-state index is 14.0. The number of nitrogens with zero attached hydrogens (tertiary/aromatic N) is 5. The summed E-state index contributed by atoms with van der Waals surface area (Å²) in [4.78, 5) is 12.0. The van der Waals surface area contributed by atoms with Gasteiger partial charge in [0.1, 0.15) is 11.9 Å². The van der Waals surface area contributed by atoms with E-state index in [1.807, 2.05) is 30.1 Å². The minimum atomic E-state index is -0.722. The first-order valence-corrected chi connectivity index (χ1v) is 11.5. The van der Waals surface area contributed by atoms with Crippen LogP contribution in [0.5, 0.6) is 5.75 Å². The van der Waals surface area contributed by atoms with Gasteiger partial charge in [0.25, 0.3) is 0 Å². The van der Waals surface area contributed by atoms with Crippen molar-refractivity contribution in [2.45, 2.75) is 19.4 Å². The molecule has 0 amide bonds. The summed E-state index contributed by atoms with van der Waals surface area (Å²) in [6.07, 6.45) is 7.19. The Morgan fingerprint density at radius 3 is 2.83 bits per heavy atom. The van der Waals surface area contributed by atoms with Gasteiger partial charge in [-0.25, -0.2) is 9.37 Å². The summed E-state index contributed by atoms with van der Waals surface area (Å²) in [6.45, 7) is 2.95. The smallest absolute Gasteiger partial charge is 0.212 e. The van der Waals surface area contributed by atoms with Crippen molar-refractivity contribution in [1.82, 2.24) is 14.8 Å². The Morgan fingerprint density at radius 2 is 2.17 bits per heavy atom. The molecule has 0 aliphatic carbocycles. The van der Waals surface area contributed by atoms with Crippen LogP contribution < -0.4 is 10.5 Å². The number of fused-ring (bicyclic) bond motifs is 1. The summed E-state index contributed by atoms with van der Waals surface area (Å²) >= 11 is 12.4. The second-order valence-electron chi connectivity index (χ2n) is 8.21. The Balaban J connectivity index is 1.65. The number of guanidine groups is 1. The fourth-order valence-corrected chi connectivity index (χ4v) is 4.77. The number of aliphatic imine (C=N–C) groups is 1. The normalized spacial score (nSPS) is 15.1. The lowest BCUT2D eigenvalue weighted by molar-refractivity contribution is 0.227. The van der Waals surface area contributed by atoms with Gasteiger partial charge < -0.3 is 24.7 Å². The van der Waals surface area contributed by atoms with Crippen LogP contribution in [0.25, 0.3) is 16.5 Å². The van der Waals surface area contributed by atoms with Crippen LogP contribution in [0, 0.1) is 17.3 Å². The molecule has 2 N–H and O–H groups in total. The number of rotatable bonds is 4. The molecule has 3 heterocycles. The monoisotopic (exact) mass is 516 g/mol. The van der Waals surface area contributed by atoms with Gasteiger partial charge in [0, 0.05) is 49.5 Å². The minimum Gasteiger partial charge on any atom is -0.478 e. The van der Waals surface area contributed by atoms with Gasteiger partial charge >= 0.3 is 0 Å². The number of nitrogen functional groups attached to an aromatic ring is 1. The predicted molar refractivity (Wildman–Crippen MR) is 135 cm³/mol. The summed E-state index contributed by atoms with van der Waals surface area (Å²) < 4.78 is 26.0. The first-order valence-electron chi connectivity index (χ1n) is 10.8. The fourth-order valence-electron chi connectivity index (χ4n) is 4.09. The summed E-state index contributed by atoms with van der Waals surface area (Å²) in [5, 5.41) is 9.88. The third kappa shape index (κ3) is 4.72. The number of furan rings is 1. The van der Waals surface area contributed by atoms with Gasteiger partial charge in [-0.2, -0.15) is 5.26 Å². The summed E-state index contributed by atoms with van der Waals surface area (Å²) in [6, 6.07) is 2.62. The highest BCUT2D eigenvalue weighted by Gasteiger charge is 2.25. The molecule has 0 saturated heterocycles. The van der Waals surface area contributed by atoms with Gasteiger partial charge in [-0.05, 0) is 31.1 Å². The Hall–Kier alpha value is -3.48. The molecule has 0 spiro atoms. The van der Waals surface area contributed by atoms with Crippen molar-refractivity contribution < 1.29 is 13.5 Å². The molecule has 0 saturated carbocycles. The first-order chi connectivity index (χ1) is 16.7. The molecule has 11 heteroatoms. The average molecular weight is 517 g/mol. The molecule has 4 rings (SSSR count). The van der Waals surface area contributed by atoms with E-state index in [2.05, 4.69) is 16.1 Å². The fraction of sp³-hybridized carbons (Fsp3) is 0.292. The molecule has 1 aliphatic rings. The lowest BCUT2D eigenvalue weighted by atomic mass is 9.99. The molecule has 1 aliphatic heterocycles. The number of pyridine rings is 1. The number of nitrogens with two attached hydrogens (primary N) is 1. The van der Waals surface area contributed by atoms with E-state index in [1.165, 1.54) is 12.1 Å². The van der Waals surface area contributed by atoms with Crippen molar-refractivity contribution in [2.75, 3.05) is 32.9 Å². The molecule has 1 aromatic carbocycles. The van der Waals surface area contributed by atoms with Crippen LogP contribution in [-0.4, -0.2) is 47.9 Å². The molecule has 8 nitrogen and oxygen atoms in total. The van der Waals surface area contributed by atoms with Gasteiger partial charge in [0.05, 0.1) is 16.7 Å². The van der Waals surface area contributed by atoms with Crippen molar-refractivity contribution >= 4 is 51.5 Å². The van der Waals surface area contributed by atoms with Crippen LogP contribution in [0.15, 0.2) is 40.1 Å². The number of benzene rings is 1. The van der Waals surface area contributed by atoms with E-state index in [9.17, 15) is 4.39 Å². The highest BCUT2D eigenvalue weighted by molar-refractivity contribution is 6.36. The highest BCUT2D eigenvalue weighted by Crippen LogP contribution is 2.41. The molecule has 1 atom stereocenters. The molecule has 3 aromatic rings. The second-order valence-corrected chi connectivity index (χ2v) is 9.00. The van der Waals surface area contributed by atoms with Crippen LogP contribution in [-0.2, 0) is 0 Å². The number of aromatic nitrogens is 1. The Kier molecular flexibility index (Phi) is 7.05. The number of nitriles is 1. The van der Waals surface area contributed by atoms with E-state index < -0.39 is 11.9 Å². The van der Waals surface area contributed by atoms with Crippen LogP contribution in [0.3, 0.4) is 0 Å². The topological polar surface area (TPSA) is 104 Å². The zero-order valence-electron chi connectivity index (χ0n) is 19.3. The van der Waals surface area contributed by atoms with Crippen LogP contribution >= 0.6 is 23.2 Å². The lowest BCUT2D eigenvalue weighted by Gasteiger charge is -2.31. The van der Waals surface area contributed by atoms with Gasteiger partial charge in [-0.3, -0.25) is 0 Å². The summed E-state index contributed by atoms with van der Waals surface area (Å²) in [5.41, 5.74) is 8.78. The van der Waals surface area contributed by atoms with Crippen molar-refractivity contribution in [3.63, 3.8) is 0 Å². The lowest BCUT2D eigenvalue weighted by Crippen LogP contribution is -2.42. The van der Waals surface area contributed by atoms with E-state index in [0.29, 0.717) is 36.6 Å². The van der Waals surface area contributed by atoms with E-state index in [1.54, 1.807) is 19.4 Å². The van der Waals surface area contributed by atoms with Crippen molar-refractivity contribution in [3.05, 3.63) is 57.7 Å². The van der Waals surface area contributed by atoms with Crippen molar-refractivity contribution in [3.8, 4) is 11.9 Å². The van der Waals surface area contributed by atoms with Crippen LogP contribution in [0.4, 0.5) is 10.2 Å². The predicted octanol–water partition coefficient (Wildman–Crippen LogP) is 5.48. The maximum Gasteiger partial charge on any atom is 0.212 e. The standard InChI is InChI=1S/C24H23Cl2FN6O2/c1-13(19-17(25)4-5-18(27)20(19)26)35-22-21-15(10-30-23(22)29)16(11-34-21)14-6-8-33(9-7-14)24(31-12-28)32(2)3/h4-6,10-11,13H,7-9H2,1-3H3,(H2,29,30)/t13-/m1/s1. The van der Waals surface area contributed by atoms with E-state index in [4.69, 9.17) is 43.4 Å². The number of hydrogen-bond donors (Lipinski definition) is 1. The number of ether oxygens (including phenoxy) is 1. The van der Waals surface area contributed by atoms with Gasteiger partial charge in [0.15, 0.2) is 11.4 Å². The SMILES string of the molecule is C[C@@H](Oc1c(N)ncc2c(C3=CCN(C(=NC#N)N(C)C)CC3)coc12)c1c(Cl)ccc(F)c1Cl. The second kappa shape index (κ2) is 10.0. The van der Waals surface area contributed by atoms with E-state index >= 15 is 0 Å². The van der Waals surface area contributed by atoms with Gasteiger partial charge in [-0.1, -0.05) is 29.3 Å². The molecule has 35 heavy (non-hydrogen) atoms. The number of anilines is 1. The molecule has 0 unspecified atom stereocenters. The third-order valence-corrected chi connectivity index (χ3v) is 6.48. The molecule has 182 valence electrons. The van der Waals surface area contributed by atoms with E-state index in [-0.39, 0.29) is 21.6 Å². The van der Waals surface area contributed by atoms with Gasteiger partial charge in [-0.15, -0.1) is 4.99 Å². The Bertz CT molecular complexity index is 1380. The Morgan fingerprint density at radius 1 is 1.40 bits per heavy atom. The summed E-state index contributed by atoms with van der Waals surface area (Å²) in [7, 11) is 3.70. The molecular weight excluding hydrogens is 494 g/mol.